The fourth-order valence-corrected chi connectivity index (χ4v) is 2.35. The second-order valence-corrected chi connectivity index (χ2v) is 6.67. The van der Waals surface area contributed by atoms with Gasteiger partial charge in [-0.25, -0.2) is 4.79 Å². The third-order valence-electron chi connectivity index (χ3n) is 4.14. The standard InChI is InChI=1S/C21H26N2O6/c1-3-4-13-28-16-9-11-18(12-10-16)29-17-7-5-15(6-8-17)22-19(25)21(2,14-24)23-20(26)27/h5-12,23-24H,3-4,13-14H2,1-2H3,(H,22,25)(H,26,27)/t21-/m0/s1. The van der Waals surface area contributed by atoms with Crippen LogP contribution in [0.3, 0.4) is 0 Å². The molecule has 0 bridgehead atoms. The molecule has 0 spiro atoms. The van der Waals surface area contributed by atoms with Crippen LogP contribution in [-0.2, 0) is 4.79 Å². The monoisotopic (exact) mass is 402 g/mol. The number of anilines is 1. The number of benzene rings is 2. The van der Waals surface area contributed by atoms with Gasteiger partial charge in [-0.2, -0.15) is 0 Å². The Morgan fingerprint density at radius 1 is 1.00 bits per heavy atom. The van der Waals surface area contributed by atoms with E-state index < -0.39 is 24.1 Å². The number of carbonyl (C=O) groups excluding carboxylic acids is 1. The van der Waals surface area contributed by atoms with Crippen molar-refractivity contribution in [2.45, 2.75) is 32.2 Å². The van der Waals surface area contributed by atoms with Crippen molar-refractivity contribution in [3.05, 3.63) is 48.5 Å². The Morgan fingerprint density at radius 2 is 1.55 bits per heavy atom. The highest BCUT2D eigenvalue weighted by molar-refractivity contribution is 5.99. The number of nitrogens with one attached hydrogen (secondary N) is 2. The van der Waals surface area contributed by atoms with E-state index in [2.05, 4.69) is 12.2 Å². The second kappa shape index (κ2) is 10.3. The Bertz CT molecular complexity index is 807. The number of unbranched alkanes of at least 4 members (excludes halogenated alkanes) is 1. The molecule has 1 atom stereocenters. The van der Waals surface area contributed by atoms with E-state index in [4.69, 9.17) is 14.6 Å². The number of hydrogen-bond acceptors (Lipinski definition) is 5. The van der Waals surface area contributed by atoms with E-state index in [0.29, 0.717) is 23.8 Å². The Hall–Kier alpha value is -3.26. The summed E-state index contributed by atoms with van der Waals surface area (Å²) in [5, 5.41) is 22.7. The van der Waals surface area contributed by atoms with Crippen molar-refractivity contribution in [2.75, 3.05) is 18.5 Å². The van der Waals surface area contributed by atoms with Crippen LogP contribution < -0.4 is 20.1 Å². The maximum atomic E-state index is 12.3. The zero-order valence-corrected chi connectivity index (χ0v) is 16.5. The van der Waals surface area contributed by atoms with Gasteiger partial charge in [-0.1, -0.05) is 13.3 Å². The average molecular weight is 402 g/mol. The maximum Gasteiger partial charge on any atom is 0.405 e. The van der Waals surface area contributed by atoms with Gasteiger partial charge in [0.25, 0.3) is 5.91 Å². The van der Waals surface area contributed by atoms with Gasteiger partial charge in [0.1, 0.15) is 22.8 Å². The predicted molar refractivity (Wildman–Crippen MR) is 109 cm³/mol. The van der Waals surface area contributed by atoms with Crippen LogP contribution in [0.15, 0.2) is 48.5 Å². The van der Waals surface area contributed by atoms with Gasteiger partial charge >= 0.3 is 6.09 Å². The summed E-state index contributed by atoms with van der Waals surface area (Å²) < 4.78 is 11.4. The normalized spacial score (nSPS) is 12.5. The van der Waals surface area contributed by atoms with E-state index in [1.807, 2.05) is 17.4 Å². The summed E-state index contributed by atoms with van der Waals surface area (Å²) in [7, 11) is 0. The van der Waals surface area contributed by atoms with Crippen molar-refractivity contribution in [1.82, 2.24) is 5.32 Å². The lowest BCUT2D eigenvalue weighted by atomic mass is 10.0. The fourth-order valence-electron chi connectivity index (χ4n) is 2.35. The van der Waals surface area contributed by atoms with E-state index in [1.165, 1.54) is 6.92 Å². The number of hydrogen-bond donors (Lipinski definition) is 4. The molecule has 156 valence electrons. The van der Waals surface area contributed by atoms with Crippen LogP contribution in [0.4, 0.5) is 10.5 Å². The average Bonchev–Trinajstić information content (AvgIpc) is 2.70. The number of amides is 2. The minimum absolute atomic E-state index is 0.439. The van der Waals surface area contributed by atoms with Crippen LogP contribution in [0.25, 0.3) is 0 Å². The first kappa shape index (κ1) is 22.0. The van der Waals surface area contributed by atoms with E-state index in [9.17, 15) is 14.7 Å². The van der Waals surface area contributed by atoms with Crippen LogP contribution in [0.1, 0.15) is 26.7 Å². The number of carbonyl (C=O) groups is 2. The minimum atomic E-state index is -1.65. The van der Waals surface area contributed by atoms with Crippen LogP contribution >= 0.6 is 0 Å². The molecular weight excluding hydrogens is 376 g/mol. The maximum absolute atomic E-state index is 12.3. The van der Waals surface area contributed by atoms with E-state index in [-0.39, 0.29) is 0 Å². The summed E-state index contributed by atoms with van der Waals surface area (Å²) in [6, 6.07) is 13.9. The summed E-state index contributed by atoms with van der Waals surface area (Å²) in [6.07, 6.45) is 0.681. The molecule has 2 aromatic carbocycles. The molecule has 0 radical (unpaired) electrons. The molecule has 2 aromatic rings. The largest absolute Gasteiger partial charge is 0.494 e. The van der Waals surface area contributed by atoms with Crippen LogP contribution in [0.2, 0.25) is 0 Å². The highest BCUT2D eigenvalue weighted by Crippen LogP contribution is 2.25. The number of aliphatic hydroxyl groups is 1. The molecule has 0 aliphatic carbocycles. The van der Waals surface area contributed by atoms with E-state index >= 15 is 0 Å². The van der Waals surface area contributed by atoms with Crippen molar-refractivity contribution in [1.29, 1.82) is 0 Å². The van der Waals surface area contributed by atoms with Gasteiger partial charge in [-0.3, -0.25) is 4.79 Å². The molecule has 8 heteroatoms. The third-order valence-corrected chi connectivity index (χ3v) is 4.14. The summed E-state index contributed by atoms with van der Waals surface area (Å²) in [4.78, 5) is 23.1. The molecule has 0 fully saturated rings. The first-order valence-electron chi connectivity index (χ1n) is 9.30. The van der Waals surface area contributed by atoms with Crippen molar-refractivity contribution in [2.24, 2.45) is 0 Å². The molecule has 0 aliphatic heterocycles. The second-order valence-electron chi connectivity index (χ2n) is 6.67. The molecule has 0 heterocycles. The Balaban J connectivity index is 1.94. The van der Waals surface area contributed by atoms with Crippen molar-refractivity contribution >= 4 is 17.7 Å². The molecule has 0 aliphatic rings. The third kappa shape index (κ3) is 6.69. The van der Waals surface area contributed by atoms with E-state index in [0.717, 1.165) is 18.6 Å². The zero-order chi connectivity index (χ0) is 21.3. The molecule has 0 saturated heterocycles. The molecule has 0 unspecified atom stereocenters. The fraction of sp³-hybridized carbons (Fsp3) is 0.333. The van der Waals surface area contributed by atoms with Gasteiger partial charge in [0.05, 0.1) is 13.2 Å². The Morgan fingerprint density at radius 3 is 2.07 bits per heavy atom. The lowest BCUT2D eigenvalue weighted by Crippen LogP contribution is -2.56. The molecule has 2 rings (SSSR count). The Labute approximate surface area is 169 Å². The molecular formula is C21H26N2O6. The first-order valence-corrected chi connectivity index (χ1v) is 9.30. The van der Waals surface area contributed by atoms with Crippen LogP contribution in [0.5, 0.6) is 17.2 Å². The SMILES string of the molecule is CCCCOc1ccc(Oc2ccc(NC(=O)[C@](C)(CO)NC(=O)O)cc2)cc1. The quantitative estimate of drug-likeness (QED) is 0.451. The number of aliphatic hydroxyl groups excluding tert-OH is 1. The molecule has 4 N–H and O–H groups in total. The van der Waals surface area contributed by atoms with Crippen molar-refractivity contribution in [3.8, 4) is 17.2 Å². The molecule has 0 aromatic heterocycles. The molecule has 8 nitrogen and oxygen atoms in total. The zero-order valence-electron chi connectivity index (χ0n) is 16.5. The highest BCUT2D eigenvalue weighted by atomic mass is 16.5. The first-order chi connectivity index (χ1) is 13.9. The summed E-state index contributed by atoms with van der Waals surface area (Å²) in [5.41, 5.74) is -1.21. The highest BCUT2D eigenvalue weighted by Gasteiger charge is 2.34. The van der Waals surface area contributed by atoms with E-state index in [1.54, 1.807) is 36.4 Å². The van der Waals surface area contributed by atoms with Crippen LogP contribution in [0, 0.1) is 0 Å². The van der Waals surface area contributed by atoms with Gasteiger partial charge < -0.3 is 30.3 Å². The van der Waals surface area contributed by atoms with Gasteiger partial charge in [-0.05, 0) is 61.9 Å². The molecule has 29 heavy (non-hydrogen) atoms. The van der Waals surface area contributed by atoms with Crippen molar-refractivity contribution in [3.63, 3.8) is 0 Å². The van der Waals surface area contributed by atoms with Gasteiger partial charge in [0.2, 0.25) is 0 Å². The summed E-state index contributed by atoms with van der Waals surface area (Å²) in [5.74, 6) is 1.32. The number of ether oxygens (including phenoxy) is 2. The topological polar surface area (TPSA) is 117 Å². The molecule has 0 saturated carbocycles. The Kier molecular flexibility index (Phi) is 7.85. The lowest BCUT2D eigenvalue weighted by molar-refractivity contribution is -0.123. The van der Waals surface area contributed by atoms with Gasteiger partial charge in [-0.15, -0.1) is 0 Å². The van der Waals surface area contributed by atoms with Gasteiger partial charge in [0, 0.05) is 5.69 Å². The van der Waals surface area contributed by atoms with Crippen LogP contribution in [-0.4, -0.2) is 41.0 Å². The summed E-state index contributed by atoms with van der Waals surface area (Å²) in [6.45, 7) is 3.41. The lowest BCUT2D eigenvalue weighted by Gasteiger charge is -2.25. The number of rotatable bonds is 10. The van der Waals surface area contributed by atoms with Gasteiger partial charge in [0.15, 0.2) is 0 Å². The van der Waals surface area contributed by atoms with Crippen molar-refractivity contribution < 1.29 is 29.3 Å². The number of carboxylic acid groups (broad SMARTS) is 1. The molecule has 2 amide bonds. The smallest absolute Gasteiger partial charge is 0.405 e. The predicted octanol–water partition coefficient (Wildman–Crippen LogP) is 3.61. The minimum Gasteiger partial charge on any atom is -0.494 e. The summed E-state index contributed by atoms with van der Waals surface area (Å²) >= 11 is 0.